The smallest absolute Gasteiger partial charge is 0.120 e. The highest BCUT2D eigenvalue weighted by Gasteiger charge is 2.26. The van der Waals surface area contributed by atoms with Gasteiger partial charge < -0.3 is 0 Å². The van der Waals surface area contributed by atoms with Gasteiger partial charge in [-0.3, -0.25) is 0 Å². The van der Waals surface area contributed by atoms with Gasteiger partial charge in [0.15, 0.2) is 0 Å². The minimum absolute atomic E-state index is 0.152. The molecule has 0 amide bonds. The van der Waals surface area contributed by atoms with Crippen molar-refractivity contribution in [2.24, 2.45) is 0 Å². The SMILES string of the molecule is CC(C)[Si](I)C(C)(C)C. The first-order chi connectivity index (χ1) is 3.85. The van der Waals surface area contributed by atoms with Crippen LogP contribution in [-0.4, -0.2) is 6.29 Å². The third kappa shape index (κ3) is 3.60. The normalized spacial score (nSPS) is 13.3. The second-order valence-corrected chi connectivity index (χ2v) is 10.6. The summed E-state index contributed by atoms with van der Waals surface area (Å²) < 4.78 is 0. The van der Waals surface area contributed by atoms with Crippen molar-refractivity contribution in [2.45, 2.75) is 45.2 Å². The summed E-state index contributed by atoms with van der Waals surface area (Å²) in [5, 5.41) is 0.569. The highest BCUT2D eigenvalue weighted by atomic mass is 127. The van der Waals surface area contributed by atoms with Crippen LogP contribution in [0.15, 0.2) is 0 Å². The maximum absolute atomic E-state index is 2.64. The van der Waals surface area contributed by atoms with Crippen molar-refractivity contribution in [2.75, 3.05) is 0 Å². The van der Waals surface area contributed by atoms with Gasteiger partial charge in [0, 0.05) is 0 Å². The highest BCUT2D eigenvalue weighted by Crippen LogP contribution is 2.37. The van der Waals surface area contributed by atoms with Crippen LogP contribution in [-0.2, 0) is 0 Å². The Labute approximate surface area is 73.2 Å². The van der Waals surface area contributed by atoms with Crippen LogP contribution in [0.4, 0.5) is 0 Å². The summed E-state index contributed by atoms with van der Waals surface area (Å²) in [4.78, 5) is 0. The molecule has 0 unspecified atom stereocenters. The van der Waals surface area contributed by atoms with Crippen molar-refractivity contribution in [3.63, 3.8) is 0 Å². The first kappa shape index (κ1) is 9.95. The van der Waals surface area contributed by atoms with E-state index in [1.165, 1.54) is 0 Å². The fourth-order valence-electron chi connectivity index (χ4n) is 0.866. The second-order valence-electron chi connectivity index (χ2n) is 3.75. The Bertz CT molecular complexity index is 83.4. The molecule has 0 nitrogen and oxygen atoms in total. The molecule has 1 radical (unpaired) electrons. The second kappa shape index (κ2) is 3.37. The summed E-state index contributed by atoms with van der Waals surface area (Å²) in [6.07, 6.45) is -0.152. The van der Waals surface area contributed by atoms with Crippen molar-refractivity contribution < 1.29 is 0 Å². The Morgan fingerprint density at radius 2 is 1.56 bits per heavy atom. The summed E-state index contributed by atoms with van der Waals surface area (Å²) in [5.41, 5.74) is 0.899. The van der Waals surface area contributed by atoms with Gasteiger partial charge in [0.1, 0.15) is 6.29 Å². The van der Waals surface area contributed by atoms with Gasteiger partial charge in [0.25, 0.3) is 0 Å². The first-order valence-electron chi connectivity index (χ1n) is 3.38. The zero-order valence-corrected chi connectivity index (χ0v) is 10.1. The summed E-state index contributed by atoms with van der Waals surface area (Å²) >= 11 is 2.64. The lowest BCUT2D eigenvalue weighted by atomic mass is 10.2. The molecule has 55 valence electrons. The van der Waals surface area contributed by atoms with Gasteiger partial charge in [-0.15, -0.1) is 21.8 Å². The molecular weight excluding hydrogens is 239 g/mol. The van der Waals surface area contributed by atoms with Crippen LogP contribution in [0.3, 0.4) is 0 Å². The van der Waals surface area contributed by atoms with E-state index in [4.69, 9.17) is 0 Å². The highest BCUT2D eigenvalue weighted by molar-refractivity contribution is 14.1. The maximum Gasteiger partial charge on any atom is 0.138 e. The lowest BCUT2D eigenvalue weighted by Gasteiger charge is -2.26. The van der Waals surface area contributed by atoms with E-state index in [9.17, 15) is 0 Å². The van der Waals surface area contributed by atoms with Crippen LogP contribution in [0.5, 0.6) is 0 Å². The molecule has 2 heteroatoms. The monoisotopic (exact) mass is 255 g/mol. The Morgan fingerprint density at radius 1 is 1.22 bits per heavy atom. The number of halogens is 1. The molecule has 0 aromatic rings. The van der Waals surface area contributed by atoms with E-state index < -0.39 is 0 Å². The molecule has 0 aliphatic carbocycles. The van der Waals surface area contributed by atoms with E-state index >= 15 is 0 Å². The molecule has 0 aromatic heterocycles. The average molecular weight is 255 g/mol. The molecular formula is C7H16ISi. The predicted molar refractivity (Wildman–Crippen MR) is 54.6 cm³/mol. The molecule has 0 spiro atoms. The maximum atomic E-state index is 2.64. The van der Waals surface area contributed by atoms with Crippen LogP contribution in [0.1, 0.15) is 34.6 Å². The third-order valence-electron chi connectivity index (χ3n) is 1.22. The number of hydrogen-bond donors (Lipinski definition) is 0. The Hall–Kier alpha value is 0.947. The molecule has 0 rings (SSSR count). The molecule has 0 saturated carbocycles. The van der Waals surface area contributed by atoms with E-state index in [1.807, 2.05) is 0 Å². The van der Waals surface area contributed by atoms with Gasteiger partial charge in [-0.2, -0.15) is 0 Å². The van der Waals surface area contributed by atoms with Gasteiger partial charge in [-0.25, -0.2) is 0 Å². The molecule has 0 aliphatic rings. The molecule has 0 bridgehead atoms. The molecule has 0 atom stereocenters. The van der Waals surface area contributed by atoms with Crippen LogP contribution in [0.2, 0.25) is 10.6 Å². The van der Waals surface area contributed by atoms with Gasteiger partial charge >= 0.3 is 0 Å². The minimum atomic E-state index is -0.152. The molecule has 0 heterocycles. The average Bonchev–Trinajstić information content (AvgIpc) is 1.62. The number of rotatable bonds is 1. The summed E-state index contributed by atoms with van der Waals surface area (Å²) in [7, 11) is 0. The Morgan fingerprint density at radius 3 is 1.56 bits per heavy atom. The van der Waals surface area contributed by atoms with Crippen molar-refractivity contribution in [3.05, 3.63) is 0 Å². The quantitative estimate of drug-likeness (QED) is 0.381. The van der Waals surface area contributed by atoms with Crippen LogP contribution >= 0.6 is 21.8 Å². The topological polar surface area (TPSA) is 0 Å². The summed E-state index contributed by atoms with van der Waals surface area (Å²) in [6, 6.07) is 0. The van der Waals surface area contributed by atoms with Crippen LogP contribution in [0.25, 0.3) is 0 Å². The van der Waals surface area contributed by atoms with Crippen LogP contribution < -0.4 is 0 Å². The van der Waals surface area contributed by atoms with Gasteiger partial charge in [0.2, 0.25) is 0 Å². The lowest BCUT2D eigenvalue weighted by Crippen LogP contribution is -2.21. The zero-order valence-electron chi connectivity index (χ0n) is 6.96. The largest absolute Gasteiger partial charge is 0.138 e. The van der Waals surface area contributed by atoms with E-state index in [2.05, 4.69) is 56.4 Å². The van der Waals surface area contributed by atoms with E-state index in [0.29, 0.717) is 5.04 Å². The molecule has 0 aromatic carbocycles. The van der Waals surface area contributed by atoms with E-state index in [1.54, 1.807) is 0 Å². The summed E-state index contributed by atoms with van der Waals surface area (Å²) in [5.74, 6) is 0. The van der Waals surface area contributed by atoms with E-state index in [-0.39, 0.29) is 6.29 Å². The Kier molecular flexibility index (Phi) is 3.73. The molecule has 0 N–H and O–H groups in total. The fourth-order valence-corrected chi connectivity index (χ4v) is 2.60. The molecule has 0 saturated heterocycles. The van der Waals surface area contributed by atoms with E-state index in [0.717, 1.165) is 5.54 Å². The first-order valence-corrected chi connectivity index (χ1v) is 8.07. The van der Waals surface area contributed by atoms with Crippen molar-refractivity contribution in [1.82, 2.24) is 0 Å². The number of hydrogen-bond acceptors (Lipinski definition) is 0. The molecule has 0 aliphatic heterocycles. The zero-order chi connectivity index (χ0) is 7.65. The van der Waals surface area contributed by atoms with Crippen molar-refractivity contribution in [1.29, 1.82) is 0 Å². The van der Waals surface area contributed by atoms with Crippen molar-refractivity contribution in [3.8, 4) is 0 Å². The van der Waals surface area contributed by atoms with Gasteiger partial charge in [-0.1, -0.05) is 34.6 Å². The lowest BCUT2D eigenvalue weighted by molar-refractivity contribution is 0.733. The summed E-state index contributed by atoms with van der Waals surface area (Å²) in [6.45, 7) is 11.7. The molecule has 0 fully saturated rings. The Balaban J connectivity index is 3.88. The standard InChI is InChI=1S/C7H16ISi/c1-6(2)9(8)7(3,4)5/h6H,1-5H3. The minimum Gasteiger partial charge on any atom is -0.120 e. The van der Waals surface area contributed by atoms with Gasteiger partial charge in [0.05, 0.1) is 0 Å². The third-order valence-corrected chi connectivity index (χ3v) is 12.3. The molecule has 9 heavy (non-hydrogen) atoms. The van der Waals surface area contributed by atoms with Crippen molar-refractivity contribution >= 4 is 28.1 Å². The predicted octanol–water partition coefficient (Wildman–Crippen LogP) is 3.62. The van der Waals surface area contributed by atoms with Crippen LogP contribution in [0, 0.1) is 0 Å². The van der Waals surface area contributed by atoms with Gasteiger partial charge in [-0.05, 0) is 10.6 Å². The fraction of sp³-hybridized carbons (Fsp3) is 1.00.